The first-order valence-corrected chi connectivity index (χ1v) is 6.88. The van der Waals surface area contributed by atoms with E-state index in [0.717, 1.165) is 5.56 Å². The lowest BCUT2D eigenvalue weighted by Crippen LogP contribution is -2.04. The molecule has 0 fully saturated rings. The quantitative estimate of drug-likeness (QED) is 0.884. The molecule has 0 saturated carbocycles. The van der Waals surface area contributed by atoms with Crippen LogP contribution < -0.4 is 10.5 Å². The topological polar surface area (TPSA) is 35.2 Å². The van der Waals surface area contributed by atoms with E-state index in [9.17, 15) is 4.39 Å². The highest BCUT2D eigenvalue weighted by molar-refractivity contribution is 9.10. The third-order valence-electron chi connectivity index (χ3n) is 2.56. The molecule has 0 spiro atoms. The fourth-order valence-corrected chi connectivity index (χ4v) is 2.16. The third kappa shape index (κ3) is 3.69. The number of hydrogen-bond acceptors (Lipinski definition) is 2. The fraction of sp³-hybridized carbons (Fsp3) is 0.143. The highest BCUT2D eigenvalue weighted by atomic mass is 79.9. The molecule has 0 aromatic heterocycles. The molecule has 2 N–H and O–H groups in total. The summed E-state index contributed by atoms with van der Waals surface area (Å²) in [6.45, 7) is 0.487. The van der Waals surface area contributed by atoms with Crippen LogP contribution in [0.5, 0.6) is 11.5 Å². The van der Waals surface area contributed by atoms with Crippen molar-refractivity contribution in [3.63, 3.8) is 0 Å². The number of rotatable bonds is 4. The molecule has 0 radical (unpaired) electrons. The third-order valence-corrected chi connectivity index (χ3v) is 3.29. The molecule has 0 saturated heterocycles. The number of nitrogens with two attached hydrogens (primary N) is 1. The predicted octanol–water partition coefficient (Wildman–Crippen LogP) is 4.54. The second-order valence-electron chi connectivity index (χ2n) is 3.97. The maximum atomic E-state index is 13.7. The van der Waals surface area contributed by atoms with Crippen LogP contribution in [0.2, 0.25) is 5.02 Å². The van der Waals surface area contributed by atoms with Gasteiger partial charge in [0.15, 0.2) is 11.6 Å². The summed E-state index contributed by atoms with van der Waals surface area (Å²) in [6, 6.07) is 9.88. The van der Waals surface area contributed by atoms with Gasteiger partial charge in [-0.2, -0.15) is 0 Å². The first kappa shape index (κ1) is 14.3. The largest absolute Gasteiger partial charge is 0.454 e. The molecule has 19 heavy (non-hydrogen) atoms. The molecule has 0 bridgehead atoms. The maximum absolute atomic E-state index is 13.7. The van der Waals surface area contributed by atoms with Crippen LogP contribution in [0.1, 0.15) is 5.56 Å². The Kier molecular flexibility index (Phi) is 4.80. The Morgan fingerprint density at radius 3 is 2.63 bits per heavy atom. The first-order chi connectivity index (χ1) is 9.10. The van der Waals surface area contributed by atoms with Crippen molar-refractivity contribution < 1.29 is 9.13 Å². The standard InChI is InChI=1S/C14H12BrClFNO/c15-10-2-4-13(12(17)7-10)19-14-8-11(16)3-1-9(14)5-6-18/h1-4,7-8H,5-6,18H2. The lowest BCUT2D eigenvalue weighted by Gasteiger charge is -2.12. The van der Waals surface area contributed by atoms with E-state index in [-0.39, 0.29) is 5.75 Å². The van der Waals surface area contributed by atoms with Crippen LogP contribution in [0.25, 0.3) is 0 Å². The van der Waals surface area contributed by atoms with Crippen molar-refractivity contribution in [3.8, 4) is 11.5 Å². The molecule has 2 rings (SSSR count). The van der Waals surface area contributed by atoms with E-state index in [0.29, 0.717) is 28.2 Å². The van der Waals surface area contributed by atoms with Crippen LogP contribution in [-0.2, 0) is 6.42 Å². The molecule has 5 heteroatoms. The van der Waals surface area contributed by atoms with E-state index < -0.39 is 5.82 Å². The maximum Gasteiger partial charge on any atom is 0.166 e. The van der Waals surface area contributed by atoms with Crippen molar-refractivity contribution >= 4 is 27.5 Å². The first-order valence-electron chi connectivity index (χ1n) is 5.71. The van der Waals surface area contributed by atoms with Crippen LogP contribution in [0.3, 0.4) is 0 Å². The molecule has 0 amide bonds. The smallest absolute Gasteiger partial charge is 0.166 e. The molecule has 2 nitrogen and oxygen atoms in total. The predicted molar refractivity (Wildman–Crippen MR) is 78.4 cm³/mol. The lowest BCUT2D eigenvalue weighted by molar-refractivity contribution is 0.437. The second kappa shape index (κ2) is 6.37. The highest BCUT2D eigenvalue weighted by Crippen LogP contribution is 2.31. The minimum absolute atomic E-state index is 0.156. The van der Waals surface area contributed by atoms with E-state index in [4.69, 9.17) is 22.1 Å². The van der Waals surface area contributed by atoms with Crippen molar-refractivity contribution in [1.29, 1.82) is 0 Å². The SMILES string of the molecule is NCCc1ccc(Cl)cc1Oc1ccc(Br)cc1F. The van der Waals surface area contributed by atoms with Crippen LogP contribution in [-0.4, -0.2) is 6.54 Å². The van der Waals surface area contributed by atoms with E-state index in [1.807, 2.05) is 6.07 Å². The monoisotopic (exact) mass is 343 g/mol. The molecule has 0 atom stereocenters. The minimum atomic E-state index is -0.437. The van der Waals surface area contributed by atoms with Crippen LogP contribution in [0.15, 0.2) is 40.9 Å². The molecule has 0 unspecified atom stereocenters. The van der Waals surface area contributed by atoms with Crippen molar-refractivity contribution in [1.82, 2.24) is 0 Å². The molecule has 2 aromatic rings. The van der Waals surface area contributed by atoms with Crippen LogP contribution >= 0.6 is 27.5 Å². The van der Waals surface area contributed by atoms with E-state index >= 15 is 0 Å². The van der Waals surface area contributed by atoms with Gasteiger partial charge in [0.25, 0.3) is 0 Å². The Bertz CT molecular complexity index is 592. The summed E-state index contributed by atoms with van der Waals surface area (Å²) in [7, 11) is 0. The van der Waals surface area contributed by atoms with Gasteiger partial charge in [0.2, 0.25) is 0 Å². The zero-order chi connectivity index (χ0) is 13.8. The zero-order valence-electron chi connectivity index (χ0n) is 10.00. The Labute approximate surface area is 124 Å². The lowest BCUT2D eigenvalue weighted by atomic mass is 10.1. The Morgan fingerprint density at radius 2 is 1.95 bits per heavy atom. The van der Waals surface area contributed by atoms with Gasteiger partial charge in [-0.1, -0.05) is 33.6 Å². The summed E-state index contributed by atoms with van der Waals surface area (Å²) >= 11 is 9.14. The van der Waals surface area contributed by atoms with Crippen molar-refractivity contribution in [2.75, 3.05) is 6.54 Å². The normalized spacial score (nSPS) is 10.5. The summed E-state index contributed by atoms with van der Waals surface area (Å²) < 4.78 is 20.0. The molecule has 0 aliphatic carbocycles. The Hall–Kier alpha value is -1.10. The van der Waals surface area contributed by atoms with E-state index in [1.165, 1.54) is 6.07 Å². The highest BCUT2D eigenvalue weighted by Gasteiger charge is 2.09. The zero-order valence-corrected chi connectivity index (χ0v) is 12.3. The fourth-order valence-electron chi connectivity index (χ4n) is 1.66. The molecule has 100 valence electrons. The van der Waals surface area contributed by atoms with Gasteiger partial charge < -0.3 is 10.5 Å². The Morgan fingerprint density at radius 1 is 1.16 bits per heavy atom. The number of ether oxygens (including phenoxy) is 1. The van der Waals surface area contributed by atoms with Gasteiger partial charge in [0.05, 0.1) is 0 Å². The van der Waals surface area contributed by atoms with Gasteiger partial charge in [-0.05, 0) is 48.9 Å². The van der Waals surface area contributed by atoms with E-state index in [1.54, 1.807) is 24.3 Å². The van der Waals surface area contributed by atoms with Crippen molar-refractivity contribution in [3.05, 3.63) is 57.3 Å². The van der Waals surface area contributed by atoms with Gasteiger partial charge in [-0.3, -0.25) is 0 Å². The summed E-state index contributed by atoms with van der Waals surface area (Å²) in [5, 5.41) is 0.535. The summed E-state index contributed by atoms with van der Waals surface area (Å²) in [6.07, 6.45) is 0.644. The van der Waals surface area contributed by atoms with Gasteiger partial charge in [-0.15, -0.1) is 0 Å². The average Bonchev–Trinajstić information content (AvgIpc) is 2.36. The molecule has 0 aliphatic rings. The summed E-state index contributed by atoms with van der Waals surface area (Å²) in [5.74, 6) is 0.246. The molecular weight excluding hydrogens is 333 g/mol. The summed E-state index contributed by atoms with van der Waals surface area (Å²) in [5.41, 5.74) is 6.44. The second-order valence-corrected chi connectivity index (χ2v) is 5.32. The van der Waals surface area contributed by atoms with Crippen molar-refractivity contribution in [2.45, 2.75) is 6.42 Å². The number of halogens is 3. The van der Waals surface area contributed by atoms with Crippen LogP contribution in [0, 0.1) is 5.82 Å². The van der Waals surface area contributed by atoms with Crippen molar-refractivity contribution in [2.24, 2.45) is 5.73 Å². The van der Waals surface area contributed by atoms with Gasteiger partial charge in [-0.25, -0.2) is 4.39 Å². The van der Waals surface area contributed by atoms with E-state index in [2.05, 4.69) is 15.9 Å². The Balaban J connectivity index is 2.33. The molecule has 0 aliphatic heterocycles. The molecule has 0 heterocycles. The average molecular weight is 345 g/mol. The van der Waals surface area contributed by atoms with Gasteiger partial charge >= 0.3 is 0 Å². The van der Waals surface area contributed by atoms with Gasteiger partial charge in [0, 0.05) is 9.50 Å². The molecule has 2 aromatic carbocycles. The summed E-state index contributed by atoms with van der Waals surface area (Å²) in [4.78, 5) is 0. The minimum Gasteiger partial charge on any atom is -0.454 e. The van der Waals surface area contributed by atoms with Gasteiger partial charge in [0.1, 0.15) is 5.75 Å². The number of hydrogen-bond donors (Lipinski definition) is 1. The van der Waals surface area contributed by atoms with Crippen LogP contribution in [0.4, 0.5) is 4.39 Å². The number of benzene rings is 2. The molecular formula is C14H12BrClFNO.